The molecule has 0 aliphatic heterocycles. The van der Waals surface area contributed by atoms with Gasteiger partial charge in [0.25, 0.3) is 0 Å². The van der Waals surface area contributed by atoms with Gasteiger partial charge in [-0.05, 0) is 39.5 Å². The molecule has 1 N–H and O–H groups in total. The SMILES string of the molecule is COC(=O)[C@@H]1CCC[C@H]1CNC(=O)OC(C)(C)C. The maximum atomic E-state index is 11.5. The predicted octanol–water partition coefficient (Wildman–Crippen LogP) is 2.10. The van der Waals surface area contributed by atoms with Crippen LogP contribution in [0, 0.1) is 11.8 Å². The van der Waals surface area contributed by atoms with Crippen LogP contribution in [0.5, 0.6) is 0 Å². The molecule has 5 heteroatoms. The summed E-state index contributed by atoms with van der Waals surface area (Å²) in [5, 5.41) is 2.72. The van der Waals surface area contributed by atoms with Gasteiger partial charge in [-0.3, -0.25) is 4.79 Å². The molecule has 104 valence electrons. The summed E-state index contributed by atoms with van der Waals surface area (Å²) in [6.07, 6.45) is 2.35. The van der Waals surface area contributed by atoms with Crippen molar-refractivity contribution in [2.24, 2.45) is 11.8 Å². The highest BCUT2D eigenvalue weighted by molar-refractivity contribution is 5.73. The van der Waals surface area contributed by atoms with Gasteiger partial charge in [0, 0.05) is 6.54 Å². The minimum Gasteiger partial charge on any atom is -0.469 e. The fraction of sp³-hybridized carbons (Fsp3) is 0.846. The lowest BCUT2D eigenvalue weighted by atomic mass is 9.96. The molecule has 0 aromatic heterocycles. The minimum atomic E-state index is -0.499. The van der Waals surface area contributed by atoms with Crippen LogP contribution in [0.25, 0.3) is 0 Å². The Morgan fingerprint density at radius 2 is 1.94 bits per heavy atom. The molecule has 1 aliphatic carbocycles. The molecule has 1 fully saturated rings. The summed E-state index contributed by atoms with van der Waals surface area (Å²) in [6, 6.07) is 0. The van der Waals surface area contributed by atoms with E-state index >= 15 is 0 Å². The van der Waals surface area contributed by atoms with Crippen LogP contribution in [-0.2, 0) is 14.3 Å². The zero-order valence-corrected chi connectivity index (χ0v) is 11.6. The third-order valence-corrected chi connectivity index (χ3v) is 3.07. The van der Waals surface area contributed by atoms with Crippen LogP contribution in [-0.4, -0.2) is 31.3 Å². The number of carbonyl (C=O) groups excluding carboxylic acids is 2. The molecular weight excluding hydrogens is 234 g/mol. The minimum absolute atomic E-state index is 0.0927. The Labute approximate surface area is 108 Å². The van der Waals surface area contributed by atoms with Crippen molar-refractivity contribution in [3.63, 3.8) is 0 Å². The average molecular weight is 257 g/mol. The van der Waals surface area contributed by atoms with Crippen molar-refractivity contribution in [3.8, 4) is 0 Å². The van der Waals surface area contributed by atoms with Crippen LogP contribution in [0.2, 0.25) is 0 Å². The number of carbonyl (C=O) groups is 2. The van der Waals surface area contributed by atoms with Gasteiger partial charge in [0.2, 0.25) is 0 Å². The lowest BCUT2D eigenvalue weighted by molar-refractivity contribution is -0.146. The van der Waals surface area contributed by atoms with E-state index in [0.717, 1.165) is 19.3 Å². The number of rotatable bonds is 3. The Balaban J connectivity index is 2.38. The highest BCUT2D eigenvalue weighted by atomic mass is 16.6. The van der Waals surface area contributed by atoms with Crippen molar-refractivity contribution in [1.29, 1.82) is 0 Å². The van der Waals surface area contributed by atoms with Crippen molar-refractivity contribution in [3.05, 3.63) is 0 Å². The second kappa shape index (κ2) is 6.07. The van der Waals surface area contributed by atoms with Crippen molar-refractivity contribution >= 4 is 12.1 Å². The van der Waals surface area contributed by atoms with Crippen LogP contribution in [0.4, 0.5) is 4.79 Å². The lowest BCUT2D eigenvalue weighted by Crippen LogP contribution is -2.37. The van der Waals surface area contributed by atoms with Gasteiger partial charge in [-0.15, -0.1) is 0 Å². The van der Waals surface area contributed by atoms with Gasteiger partial charge in [-0.1, -0.05) is 6.42 Å². The maximum Gasteiger partial charge on any atom is 0.407 e. The fourth-order valence-electron chi connectivity index (χ4n) is 2.27. The zero-order chi connectivity index (χ0) is 13.8. The molecule has 1 saturated carbocycles. The zero-order valence-electron chi connectivity index (χ0n) is 11.6. The third kappa shape index (κ3) is 4.55. The molecule has 0 radical (unpaired) electrons. The topological polar surface area (TPSA) is 64.6 Å². The third-order valence-electron chi connectivity index (χ3n) is 3.07. The summed E-state index contributed by atoms with van der Waals surface area (Å²) in [5.74, 6) is -0.113. The molecule has 0 heterocycles. The number of hydrogen-bond acceptors (Lipinski definition) is 4. The van der Waals surface area contributed by atoms with E-state index in [1.807, 2.05) is 20.8 Å². The second-order valence-electron chi connectivity index (χ2n) is 5.70. The van der Waals surface area contributed by atoms with Crippen molar-refractivity contribution in [2.75, 3.05) is 13.7 Å². The largest absolute Gasteiger partial charge is 0.469 e. The smallest absolute Gasteiger partial charge is 0.407 e. The monoisotopic (exact) mass is 257 g/mol. The Hall–Kier alpha value is -1.26. The number of ether oxygens (including phenoxy) is 2. The lowest BCUT2D eigenvalue weighted by Gasteiger charge is -2.22. The first kappa shape index (κ1) is 14.8. The van der Waals surface area contributed by atoms with E-state index in [0.29, 0.717) is 6.54 Å². The Morgan fingerprint density at radius 3 is 2.50 bits per heavy atom. The Morgan fingerprint density at radius 1 is 1.28 bits per heavy atom. The first-order valence-corrected chi connectivity index (χ1v) is 6.38. The summed E-state index contributed by atoms with van der Waals surface area (Å²) in [4.78, 5) is 23.0. The van der Waals surface area contributed by atoms with Gasteiger partial charge in [0.1, 0.15) is 5.60 Å². The summed E-state index contributed by atoms with van der Waals surface area (Å²) in [5.41, 5.74) is -0.499. The first-order valence-electron chi connectivity index (χ1n) is 6.38. The predicted molar refractivity (Wildman–Crippen MR) is 67.1 cm³/mol. The Kier molecular flexibility index (Phi) is 4.99. The number of amides is 1. The van der Waals surface area contributed by atoms with Gasteiger partial charge in [-0.2, -0.15) is 0 Å². The number of hydrogen-bond donors (Lipinski definition) is 1. The average Bonchev–Trinajstić information content (AvgIpc) is 2.71. The standard InChI is InChI=1S/C13H23NO4/c1-13(2,3)18-12(16)14-8-9-6-5-7-10(9)11(15)17-4/h9-10H,5-8H2,1-4H3,(H,14,16)/t9-,10+/m0/s1. The summed E-state index contributed by atoms with van der Waals surface area (Å²) in [6.45, 7) is 5.92. The highest BCUT2D eigenvalue weighted by Crippen LogP contribution is 2.32. The van der Waals surface area contributed by atoms with Gasteiger partial charge >= 0.3 is 12.1 Å². The normalized spacial score (nSPS) is 23.6. The first-order chi connectivity index (χ1) is 8.33. The van der Waals surface area contributed by atoms with Gasteiger partial charge in [-0.25, -0.2) is 4.79 Å². The van der Waals surface area contributed by atoms with Crippen LogP contribution in [0.15, 0.2) is 0 Å². The fourth-order valence-corrected chi connectivity index (χ4v) is 2.27. The van der Waals surface area contributed by atoms with Crippen LogP contribution < -0.4 is 5.32 Å². The molecule has 1 rings (SSSR count). The van der Waals surface area contributed by atoms with Crippen molar-refractivity contribution in [1.82, 2.24) is 5.32 Å². The molecular formula is C13H23NO4. The van der Waals surface area contributed by atoms with E-state index in [1.54, 1.807) is 0 Å². The molecule has 0 aromatic carbocycles. The van der Waals surface area contributed by atoms with E-state index < -0.39 is 11.7 Å². The molecule has 1 aliphatic rings. The molecule has 2 atom stereocenters. The van der Waals surface area contributed by atoms with E-state index in [-0.39, 0.29) is 17.8 Å². The molecule has 0 saturated heterocycles. The summed E-state index contributed by atoms with van der Waals surface area (Å²) < 4.78 is 9.92. The van der Waals surface area contributed by atoms with Crippen molar-refractivity contribution < 1.29 is 19.1 Å². The van der Waals surface area contributed by atoms with Gasteiger partial charge < -0.3 is 14.8 Å². The van der Waals surface area contributed by atoms with E-state index in [1.165, 1.54) is 7.11 Å². The van der Waals surface area contributed by atoms with E-state index in [9.17, 15) is 9.59 Å². The van der Waals surface area contributed by atoms with Gasteiger partial charge in [0.05, 0.1) is 13.0 Å². The number of alkyl carbamates (subject to hydrolysis) is 1. The summed E-state index contributed by atoms with van der Waals surface area (Å²) >= 11 is 0. The molecule has 18 heavy (non-hydrogen) atoms. The molecule has 1 amide bonds. The van der Waals surface area contributed by atoms with E-state index in [2.05, 4.69) is 5.32 Å². The molecule has 0 aromatic rings. The Bertz CT molecular complexity index is 309. The highest BCUT2D eigenvalue weighted by Gasteiger charge is 2.34. The quantitative estimate of drug-likeness (QED) is 0.786. The van der Waals surface area contributed by atoms with Crippen LogP contribution in [0.1, 0.15) is 40.0 Å². The number of methoxy groups -OCH3 is 1. The van der Waals surface area contributed by atoms with Crippen LogP contribution >= 0.6 is 0 Å². The van der Waals surface area contributed by atoms with Crippen LogP contribution in [0.3, 0.4) is 0 Å². The molecule has 0 spiro atoms. The molecule has 0 bridgehead atoms. The van der Waals surface area contributed by atoms with Crippen molar-refractivity contribution in [2.45, 2.75) is 45.6 Å². The summed E-state index contributed by atoms with van der Waals surface area (Å²) in [7, 11) is 1.40. The maximum absolute atomic E-state index is 11.5. The number of esters is 1. The molecule has 0 unspecified atom stereocenters. The van der Waals surface area contributed by atoms with Gasteiger partial charge in [0.15, 0.2) is 0 Å². The number of nitrogens with one attached hydrogen (secondary N) is 1. The second-order valence-corrected chi connectivity index (χ2v) is 5.70. The van der Waals surface area contributed by atoms with E-state index in [4.69, 9.17) is 9.47 Å². The molecule has 5 nitrogen and oxygen atoms in total.